The van der Waals surface area contributed by atoms with Crippen LogP contribution in [0.5, 0.6) is 0 Å². The van der Waals surface area contributed by atoms with Gasteiger partial charge in [-0.1, -0.05) is 31.7 Å². The van der Waals surface area contributed by atoms with E-state index < -0.39 is 0 Å². The van der Waals surface area contributed by atoms with Gasteiger partial charge in [0.2, 0.25) is 5.16 Å². The third kappa shape index (κ3) is 2.76. The van der Waals surface area contributed by atoms with Gasteiger partial charge in [-0.15, -0.1) is 16.4 Å². The molecule has 0 spiro atoms. The van der Waals surface area contributed by atoms with E-state index in [2.05, 4.69) is 29.0 Å². The van der Waals surface area contributed by atoms with Crippen LogP contribution in [0.25, 0.3) is 10.6 Å². The van der Waals surface area contributed by atoms with Gasteiger partial charge in [-0.3, -0.25) is 0 Å². The third-order valence-corrected chi connectivity index (χ3v) is 3.40. The molecule has 0 aliphatic heterocycles. The Kier molecular flexibility index (Phi) is 3.33. The standard InChI is InChI=1S/C10H11N3S2/c1-7(2)15-10-12-8(6-11-13-10)9-4-3-5-14-9/h3-7H,1-2H3. The molecular weight excluding hydrogens is 226 g/mol. The van der Waals surface area contributed by atoms with Crippen LogP contribution in [0.4, 0.5) is 0 Å². The Balaban J connectivity index is 2.27. The first-order valence-corrected chi connectivity index (χ1v) is 6.42. The maximum absolute atomic E-state index is 4.46. The Bertz CT molecular complexity index is 426. The van der Waals surface area contributed by atoms with Crippen molar-refractivity contribution in [3.63, 3.8) is 0 Å². The summed E-state index contributed by atoms with van der Waals surface area (Å²) >= 11 is 3.29. The van der Waals surface area contributed by atoms with Crippen LogP contribution < -0.4 is 0 Å². The van der Waals surface area contributed by atoms with Gasteiger partial charge in [-0.05, 0) is 11.4 Å². The zero-order chi connectivity index (χ0) is 10.7. The highest BCUT2D eigenvalue weighted by Crippen LogP contribution is 2.24. The van der Waals surface area contributed by atoms with Crippen molar-refractivity contribution in [1.29, 1.82) is 0 Å². The molecule has 0 aliphatic rings. The first-order chi connectivity index (χ1) is 7.25. The second-order valence-corrected chi connectivity index (χ2v) is 5.76. The smallest absolute Gasteiger partial charge is 0.209 e. The summed E-state index contributed by atoms with van der Waals surface area (Å²) < 4.78 is 0. The lowest BCUT2D eigenvalue weighted by atomic mass is 10.4. The fourth-order valence-electron chi connectivity index (χ4n) is 1.09. The molecule has 78 valence electrons. The molecule has 0 amide bonds. The fourth-order valence-corrected chi connectivity index (χ4v) is 2.44. The Morgan fingerprint density at radius 2 is 2.27 bits per heavy atom. The van der Waals surface area contributed by atoms with Crippen molar-refractivity contribution < 1.29 is 0 Å². The van der Waals surface area contributed by atoms with E-state index in [4.69, 9.17) is 0 Å². The lowest BCUT2D eigenvalue weighted by Crippen LogP contribution is -1.95. The van der Waals surface area contributed by atoms with Gasteiger partial charge in [0.1, 0.15) is 5.69 Å². The van der Waals surface area contributed by atoms with E-state index in [0.29, 0.717) is 5.25 Å². The van der Waals surface area contributed by atoms with Gasteiger partial charge < -0.3 is 0 Å². The van der Waals surface area contributed by atoms with E-state index in [-0.39, 0.29) is 0 Å². The Morgan fingerprint density at radius 3 is 2.93 bits per heavy atom. The number of aromatic nitrogens is 3. The van der Waals surface area contributed by atoms with Gasteiger partial charge in [0, 0.05) is 5.25 Å². The van der Waals surface area contributed by atoms with Crippen LogP contribution in [0.3, 0.4) is 0 Å². The van der Waals surface area contributed by atoms with Crippen molar-refractivity contribution in [2.45, 2.75) is 24.3 Å². The second kappa shape index (κ2) is 4.72. The van der Waals surface area contributed by atoms with Gasteiger partial charge in [0.25, 0.3) is 0 Å². The molecule has 3 nitrogen and oxygen atoms in total. The summed E-state index contributed by atoms with van der Waals surface area (Å²) in [5, 5.41) is 11.2. The van der Waals surface area contributed by atoms with Gasteiger partial charge in [-0.2, -0.15) is 5.10 Å². The molecule has 0 radical (unpaired) electrons. The highest BCUT2D eigenvalue weighted by molar-refractivity contribution is 7.99. The van der Waals surface area contributed by atoms with Crippen molar-refractivity contribution in [3.8, 4) is 10.6 Å². The number of nitrogens with zero attached hydrogens (tertiary/aromatic N) is 3. The minimum atomic E-state index is 0.477. The van der Waals surface area contributed by atoms with Gasteiger partial charge in [-0.25, -0.2) is 4.98 Å². The second-order valence-electron chi connectivity index (χ2n) is 3.27. The highest BCUT2D eigenvalue weighted by atomic mass is 32.2. The van der Waals surface area contributed by atoms with Crippen molar-refractivity contribution in [3.05, 3.63) is 23.7 Å². The lowest BCUT2D eigenvalue weighted by Gasteiger charge is -2.02. The van der Waals surface area contributed by atoms with Crippen LogP contribution in [0.2, 0.25) is 0 Å². The van der Waals surface area contributed by atoms with Crippen molar-refractivity contribution in [2.75, 3.05) is 0 Å². The Hall–Kier alpha value is -0.940. The summed E-state index contributed by atoms with van der Waals surface area (Å²) in [5.74, 6) is 0. The first-order valence-electron chi connectivity index (χ1n) is 4.66. The topological polar surface area (TPSA) is 38.7 Å². The quantitative estimate of drug-likeness (QED) is 0.769. The van der Waals surface area contributed by atoms with Crippen LogP contribution in [-0.4, -0.2) is 20.4 Å². The molecule has 2 rings (SSSR count). The number of rotatable bonds is 3. The summed E-state index contributed by atoms with van der Waals surface area (Å²) in [6.07, 6.45) is 1.70. The predicted octanol–water partition coefficient (Wildman–Crippen LogP) is 3.10. The normalized spacial score (nSPS) is 10.9. The molecule has 0 saturated carbocycles. The molecule has 5 heteroatoms. The van der Waals surface area contributed by atoms with Crippen LogP contribution in [0.15, 0.2) is 28.9 Å². The Morgan fingerprint density at radius 1 is 1.40 bits per heavy atom. The zero-order valence-electron chi connectivity index (χ0n) is 8.54. The fraction of sp³-hybridized carbons (Fsp3) is 0.300. The Labute approximate surface area is 97.0 Å². The third-order valence-electron chi connectivity index (χ3n) is 1.65. The van der Waals surface area contributed by atoms with Crippen molar-refractivity contribution in [2.24, 2.45) is 0 Å². The molecule has 2 aromatic rings. The predicted molar refractivity (Wildman–Crippen MR) is 64.1 cm³/mol. The van der Waals surface area contributed by atoms with E-state index in [1.165, 1.54) is 0 Å². The first kappa shape index (κ1) is 10.6. The van der Waals surface area contributed by atoms with Crippen molar-refractivity contribution in [1.82, 2.24) is 15.2 Å². The molecule has 0 saturated heterocycles. The van der Waals surface area contributed by atoms with Crippen molar-refractivity contribution >= 4 is 23.1 Å². The van der Waals surface area contributed by atoms with Crippen LogP contribution in [0, 0.1) is 0 Å². The molecule has 0 aliphatic carbocycles. The van der Waals surface area contributed by atoms with Gasteiger partial charge in [0.15, 0.2) is 0 Å². The summed E-state index contributed by atoms with van der Waals surface area (Å²) in [5.41, 5.74) is 0.906. The summed E-state index contributed by atoms with van der Waals surface area (Å²) in [7, 11) is 0. The lowest BCUT2D eigenvalue weighted by molar-refractivity contribution is 0.841. The minimum Gasteiger partial charge on any atom is -0.219 e. The average Bonchev–Trinajstić information content (AvgIpc) is 2.69. The molecule has 0 unspecified atom stereocenters. The average molecular weight is 237 g/mol. The summed E-state index contributed by atoms with van der Waals surface area (Å²) in [6, 6.07) is 4.05. The maximum Gasteiger partial charge on any atom is 0.209 e. The van der Waals surface area contributed by atoms with Crippen LogP contribution in [-0.2, 0) is 0 Å². The SMILES string of the molecule is CC(C)Sc1nncc(-c2cccs2)n1. The molecule has 0 atom stereocenters. The number of hydrogen-bond donors (Lipinski definition) is 0. The molecule has 0 bridgehead atoms. The largest absolute Gasteiger partial charge is 0.219 e. The molecule has 0 fully saturated rings. The molecule has 2 aromatic heterocycles. The van der Waals surface area contributed by atoms with E-state index in [9.17, 15) is 0 Å². The molecule has 0 N–H and O–H groups in total. The monoisotopic (exact) mass is 237 g/mol. The number of thiophene rings is 1. The highest BCUT2D eigenvalue weighted by Gasteiger charge is 2.06. The molecular formula is C10H11N3S2. The van der Waals surface area contributed by atoms with E-state index >= 15 is 0 Å². The van der Waals surface area contributed by atoms with Gasteiger partial charge in [0.05, 0.1) is 11.1 Å². The van der Waals surface area contributed by atoms with Crippen LogP contribution in [0.1, 0.15) is 13.8 Å². The number of hydrogen-bond acceptors (Lipinski definition) is 5. The molecule has 15 heavy (non-hydrogen) atoms. The van der Waals surface area contributed by atoms with E-state index in [1.54, 1.807) is 29.3 Å². The van der Waals surface area contributed by atoms with E-state index in [1.807, 2.05) is 17.5 Å². The minimum absolute atomic E-state index is 0.477. The number of thioether (sulfide) groups is 1. The van der Waals surface area contributed by atoms with Crippen LogP contribution >= 0.6 is 23.1 Å². The van der Waals surface area contributed by atoms with E-state index in [0.717, 1.165) is 15.7 Å². The molecule has 2 heterocycles. The summed E-state index contributed by atoms with van der Waals surface area (Å²) in [6.45, 7) is 4.23. The summed E-state index contributed by atoms with van der Waals surface area (Å²) in [4.78, 5) is 5.59. The maximum atomic E-state index is 4.46. The molecule has 0 aromatic carbocycles. The van der Waals surface area contributed by atoms with Gasteiger partial charge >= 0.3 is 0 Å². The zero-order valence-corrected chi connectivity index (χ0v) is 10.2.